The first-order valence-corrected chi connectivity index (χ1v) is 10.5. The van der Waals surface area contributed by atoms with Crippen molar-refractivity contribution in [3.63, 3.8) is 0 Å². The fourth-order valence-electron chi connectivity index (χ4n) is 4.48. The third kappa shape index (κ3) is 3.71. The van der Waals surface area contributed by atoms with Crippen molar-refractivity contribution >= 4 is 34.7 Å². The second-order valence-electron chi connectivity index (χ2n) is 7.62. The van der Waals surface area contributed by atoms with Crippen LogP contribution in [0, 0.1) is 10.1 Å². The van der Waals surface area contributed by atoms with E-state index in [0.29, 0.717) is 47.6 Å². The van der Waals surface area contributed by atoms with Gasteiger partial charge in [-0.05, 0) is 31.0 Å². The Morgan fingerprint density at radius 2 is 1.88 bits per heavy atom. The van der Waals surface area contributed by atoms with E-state index in [-0.39, 0.29) is 34.5 Å². The number of amides is 1. The number of rotatable bonds is 5. The highest BCUT2D eigenvalue weighted by Gasteiger charge is 2.42. The van der Waals surface area contributed by atoms with Gasteiger partial charge in [0.25, 0.3) is 5.69 Å². The quantitative estimate of drug-likeness (QED) is 0.473. The molecule has 0 N–H and O–H groups in total. The molecule has 1 aliphatic carbocycles. The second kappa shape index (κ2) is 8.63. The van der Waals surface area contributed by atoms with Crippen LogP contribution in [0.3, 0.4) is 0 Å². The van der Waals surface area contributed by atoms with Crippen LogP contribution in [0.15, 0.2) is 47.7 Å². The van der Waals surface area contributed by atoms with Gasteiger partial charge in [-0.25, -0.2) is 0 Å². The van der Waals surface area contributed by atoms with E-state index in [9.17, 15) is 19.7 Å². The van der Waals surface area contributed by atoms with Crippen LogP contribution < -0.4 is 14.4 Å². The number of nitro benzene ring substituents is 1. The molecule has 1 aliphatic heterocycles. The third-order valence-electron chi connectivity index (χ3n) is 5.87. The zero-order chi connectivity index (χ0) is 23.0. The lowest BCUT2D eigenvalue weighted by Crippen LogP contribution is -2.40. The number of nitro groups is 1. The van der Waals surface area contributed by atoms with Crippen LogP contribution >= 0.6 is 11.6 Å². The number of methoxy groups -OCH3 is 2. The molecular formula is C23H21ClN2O6. The first-order valence-electron chi connectivity index (χ1n) is 10.1. The van der Waals surface area contributed by atoms with Gasteiger partial charge >= 0.3 is 0 Å². The van der Waals surface area contributed by atoms with Crippen LogP contribution in [0.25, 0.3) is 0 Å². The number of carbonyl (C=O) groups is 2. The van der Waals surface area contributed by atoms with Crippen LogP contribution in [-0.4, -0.2) is 30.8 Å². The van der Waals surface area contributed by atoms with E-state index in [1.54, 1.807) is 25.3 Å². The maximum Gasteiger partial charge on any atom is 0.294 e. The number of hydrogen-bond acceptors (Lipinski definition) is 6. The highest BCUT2D eigenvalue weighted by molar-refractivity contribution is 6.31. The first-order chi connectivity index (χ1) is 15.3. The highest BCUT2D eigenvalue weighted by atomic mass is 35.5. The number of halogens is 1. The molecule has 8 nitrogen and oxygen atoms in total. The molecule has 0 fully saturated rings. The van der Waals surface area contributed by atoms with Gasteiger partial charge in [0, 0.05) is 52.7 Å². The summed E-state index contributed by atoms with van der Waals surface area (Å²) in [4.78, 5) is 38.9. The van der Waals surface area contributed by atoms with Crippen molar-refractivity contribution in [3.05, 3.63) is 68.4 Å². The average Bonchev–Trinajstić information content (AvgIpc) is 2.78. The monoisotopic (exact) mass is 456 g/mol. The standard InChI is InChI=1S/C23H21ClN2O6/c1-31-14-7-8-15(21(11-14)32-2)16-12-22(28)25(18-4-3-5-20(27)23(16)18)17-9-6-13(24)10-19(17)26(29)30/h6-11,16H,3-5,12H2,1-2H3. The lowest BCUT2D eigenvalue weighted by atomic mass is 9.76. The van der Waals surface area contributed by atoms with Gasteiger partial charge < -0.3 is 9.47 Å². The Labute approximate surface area is 189 Å². The normalized spacial score (nSPS) is 18.5. The summed E-state index contributed by atoms with van der Waals surface area (Å²) < 4.78 is 10.8. The molecule has 2 aromatic rings. The van der Waals surface area contributed by atoms with Crippen LogP contribution in [0.2, 0.25) is 5.02 Å². The maximum absolute atomic E-state index is 13.4. The van der Waals surface area contributed by atoms with Crippen molar-refractivity contribution in [1.82, 2.24) is 0 Å². The zero-order valence-corrected chi connectivity index (χ0v) is 18.3. The van der Waals surface area contributed by atoms with E-state index in [2.05, 4.69) is 0 Å². The number of anilines is 1. The Kier molecular flexibility index (Phi) is 5.88. The fraction of sp³-hybridized carbons (Fsp3) is 0.304. The Morgan fingerprint density at radius 1 is 1.09 bits per heavy atom. The van der Waals surface area contributed by atoms with E-state index in [0.717, 1.165) is 0 Å². The zero-order valence-electron chi connectivity index (χ0n) is 17.6. The Bertz CT molecular complexity index is 1160. The molecule has 1 heterocycles. The number of nitrogens with zero attached hydrogens (tertiary/aromatic N) is 2. The van der Waals surface area contributed by atoms with Crippen molar-refractivity contribution in [3.8, 4) is 11.5 Å². The molecule has 0 spiro atoms. The van der Waals surface area contributed by atoms with Crippen LogP contribution in [0.5, 0.6) is 11.5 Å². The minimum Gasteiger partial charge on any atom is -0.497 e. The number of hydrogen-bond donors (Lipinski definition) is 0. The molecule has 32 heavy (non-hydrogen) atoms. The Hall–Kier alpha value is -3.39. The largest absolute Gasteiger partial charge is 0.497 e. The molecule has 0 saturated heterocycles. The highest BCUT2D eigenvalue weighted by Crippen LogP contribution is 2.47. The van der Waals surface area contributed by atoms with Gasteiger partial charge in [-0.15, -0.1) is 0 Å². The molecule has 0 bridgehead atoms. The van der Waals surface area contributed by atoms with Gasteiger partial charge in [-0.3, -0.25) is 24.6 Å². The van der Waals surface area contributed by atoms with Gasteiger partial charge in [-0.2, -0.15) is 0 Å². The molecule has 2 aromatic carbocycles. The summed E-state index contributed by atoms with van der Waals surface area (Å²) in [6.07, 6.45) is 1.36. The summed E-state index contributed by atoms with van der Waals surface area (Å²) in [5, 5.41) is 11.9. The molecule has 0 radical (unpaired) electrons. The number of ether oxygens (including phenoxy) is 2. The molecule has 166 valence electrons. The number of Topliss-reactive ketones (excluding diaryl/α,β-unsaturated/α-hetero) is 1. The topological polar surface area (TPSA) is 99.0 Å². The van der Waals surface area contributed by atoms with Crippen molar-refractivity contribution in [1.29, 1.82) is 0 Å². The lowest BCUT2D eigenvalue weighted by molar-refractivity contribution is -0.384. The van der Waals surface area contributed by atoms with Crippen molar-refractivity contribution in [2.75, 3.05) is 19.1 Å². The van der Waals surface area contributed by atoms with Gasteiger partial charge in [-0.1, -0.05) is 17.7 Å². The smallest absolute Gasteiger partial charge is 0.294 e. The summed E-state index contributed by atoms with van der Waals surface area (Å²) in [6, 6.07) is 9.43. The van der Waals surface area contributed by atoms with Gasteiger partial charge in [0.2, 0.25) is 5.91 Å². The van der Waals surface area contributed by atoms with Crippen LogP contribution in [0.1, 0.15) is 37.2 Å². The predicted molar refractivity (Wildman–Crippen MR) is 118 cm³/mol. The molecule has 4 rings (SSSR count). The van der Waals surface area contributed by atoms with Crippen molar-refractivity contribution in [2.45, 2.75) is 31.6 Å². The van der Waals surface area contributed by atoms with E-state index >= 15 is 0 Å². The molecule has 1 amide bonds. The summed E-state index contributed by atoms with van der Waals surface area (Å²) in [6.45, 7) is 0. The summed E-state index contributed by atoms with van der Waals surface area (Å²) >= 11 is 5.96. The second-order valence-corrected chi connectivity index (χ2v) is 8.06. The molecule has 0 aromatic heterocycles. The molecule has 0 saturated carbocycles. The molecule has 1 unspecified atom stereocenters. The Balaban J connectivity index is 1.91. The van der Waals surface area contributed by atoms with E-state index in [1.807, 2.05) is 0 Å². The SMILES string of the molecule is COc1ccc(C2CC(=O)N(c3ccc(Cl)cc3[N+](=O)[O-])C3=C2C(=O)CCC3)c(OC)c1. The Morgan fingerprint density at radius 3 is 2.56 bits per heavy atom. The van der Waals surface area contributed by atoms with Gasteiger partial charge in [0.05, 0.1) is 19.1 Å². The average molecular weight is 457 g/mol. The number of benzene rings is 2. The molecule has 1 atom stereocenters. The van der Waals surface area contributed by atoms with Crippen LogP contribution in [-0.2, 0) is 9.59 Å². The van der Waals surface area contributed by atoms with Gasteiger partial charge in [0.1, 0.15) is 17.2 Å². The number of ketones is 1. The van der Waals surface area contributed by atoms with Crippen molar-refractivity contribution in [2.24, 2.45) is 0 Å². The van der Waals surface area contributed by atoms with E-state index in [4.69, 9.17) is 21.1 Å². The fourth-order valence-corrected chi connectivity index (χ4v) is 4.64. The van der Waals surface area contributed by atoms with Gasteiger partial charge in [0.15, 0.2) is 5.78 Å². The molecular weight excluding hydrogens is 436 g/mol. The summed E-state index contributed by atoms with van der Waals surface area (Å²) in [7, 11) is 3.06. The number of carbonyl (C=O) groups excluding carboxylic acids is 2. The van der Waals surface area contributed by atoms with E-state index in [1.165, 1.54) is 30.2 Å². The first kappa shape index (κ1) is 21.8. The number of allylic oxidation sites excluding steroid dienone is 2. The summed E-state index contributed by atoms with van der Waals surface area (Å²) in [5.41, 5.74) is 1.55. The minimum absolute atomic E-state index is 0.0208. The van der Waals surface area contributed by atoms with E-state index < -0.39 is 10.8 Å². The molecule has 9 heteroatoms. The maximum atomic E-state index is 13.4. The molecule has 2 aliphatic rings. The predicted octanol–water partition coefficient (Wildman–Crippen LogP) is 4.79. The third-order valence-corrected chi connectivity index (χ3v) is 6.10. The summed E-state index contributed by atoms with van der Waals surface area (Å²) in [5.74, 6) is 0.206. The van der Waals surface area contributed by atoms with Crippen LogP contribution in [0.4, 0.5) is 11.4 Å². The van der Waals surface area contributed by atoms with Crippen molar-refractivity contribution < 1.29 is 24.0 Å². The minimum atomic E-state index is -0.571. The lowest BCUT2D eigenvalue weighted by Gasteiger charge is -2.38.